The number of hydrogen-bond acceptors (Lipinski definition) is 0. The van der Waals surface area contributed by atoms with Crippen LogP contribution in [0.2, 0.25) is 0 Å². The van der Waals surface area contributed by atoms with E-state index in [1.165, 1.54) is 23.1 Å². The number of hydrogen-bond donors (Lipinski definition) is 0. The molecule has 0 aliphatic heterocycles. The number of rotatable bonds is 3. The average molecular weight is 232 g/mol. The second-order valence-electron chi connectivity index (χ2n) is 6.96. The quantitative estimate of drug-likeness (QED) is 0.647. The Hall–Kier alpha value is -0.780. The van der Waals surface area contributed by atoms with E-state index < -0.39 is 0 Å². The van der Waals surface area contributed by atoms with Gasteiger partial charge < -0.3 is 0 Å². The highest BCUT2D eigenvalue weighted by molar-refractivity contribution is 5.32. The standard InChI is InChI=1S/C17H28/c1-12(2)16(11-17(5,6)7)15-9-8-13(3)14(4)10-15/h8-10,12,16H,11H2,1-7H3. The predicted molar refractivity (Wildman–Crippen MR) is 77.6 cm³/mol. The van der Waals surface area contributed by atoms with Crippen molar-refractivity contribution in [1.82, 2.24) is 0 Å². The molecule has 0 heterocycles. The summed E-state index contributed by atoms with van der Waals surface area (Å²) in [4.78, 5) is 0. The zero-order chi connectivity index (χ0) is 13.2. The molecule has 0 bridgehead atoms. The van der Waals surface area contributed by atoms with Gasteiger partial charge in [0.2, 0.25) is 0 Å². The first kappa shape index (κ1) is 14.3. The Bertz CT molecular complexity index is 366. The highest BCUT2D eigenvalue weighted by Crippen LogP contribution is 2.36. The molecule has 0 fully saturated rings. The van der Waals surface area contributed by atoms with Crippen LogP contribution in [0.15, 0.2) is 18.2 Å². The van der Waals surface area contributed by atoms with Gasteiger partial charge in [-0.2, -0.15) is 0 Å². The van der Waals surface area contributed by atoms with E-state index in [0.717, 1.165) is 0 Å². The Morgan fingerprint density at radius 1 is 1.00 bits per heavy atom. The molecule has 0 heteroatoms. The van der Waals surface area contributed by atoms with E-state index in [2.05, 4.69) is 66.7 Å². The van der Waals surface area contributed by atoms with Gasteiger partial charge in [0, 0.05) is 0 Å². The Balaban J connectivity index is 3.02. The molecule has 17 heavy (non-hydrogen) atoms. The van der Waals surface area contributed by atoms with Crippen molar-refractivity contribution in [1.29, 1.82) is 0 Å². The molecule has 1 atom stereocenters. The lowest BCUT2D eigenvalue weighted by atomic mass is 9.76. The predicted octanol–water partition coefficient (Wildman–Crippen LogP) is 5.48. The van der Waals surface area contributed by atoms with Crippen LogP contribution in [0.25, 0.3) is 0 Å². The molecule has 1 unspecified atom stereocenters. The summed E-state index contributed by atoms with van der Waals surface area (Å²) in [7, 11) is 0. The lowest BCUT2D eigenvalue weighted by Crippen LogP contribution is -2.16. The van der Waals surface area contributed by atoms with Crippen LogP contribution in [-0.2, 0) is 0 Å². The van der Waals surface area contributed by atoms with Gasteiger partial charge in [0.05, 0.1) is 0 Å². The van der Waals surface area contributed by atoms with Gasteiger partial charge >= 0.3 is 0 Å². The Labute approximate surface area is 107 Å². The molecule has 1 rings (SSSR count). The third-order valence-electron chi connectivity index (χ3n) is 3.60. The van der Waals surface area contributed by atoms with Crippen molar-refractivity contribution in [2.24, 2.45) is 11.3 Å². The minimum atomic E-state index is 0.397. The van der Waals surface area contributed by atoms with Crippen LogP contribution < -0.4 is 0 Å². The van der Waals surface area contributed by atoms with Crippen LogP contribution >= 0.6 is 0 Å². The van der Waals surface area contributed by atoms with Crippen LogP contribution in [0.3, 0.4) is 0 Å². The van der Waals surface area contributed by atoms with E-state index in [0.29, 0.717) is 17.3 Å². The molecular weight excluding hydrogens is 204 g/mol. The van der Waals surface area contributed by atoms with E-state index in [4.69, 9.17) is 0 Å². The molecule has 0 N–H and O–H groups in total. The van der Waals surface area contributed by atoms with Gasteiger partial charge in [-0.15, -0.1) is 0 Å². The molecule has 1 aromatic carbocycles. The Kier molecular flexibility index (Phi) is 4.41. The normalized spacial score (nSPS) is 14.1. The van der Waals surface area contributed by atoms with Crippen LogP contribution in [0.1, 0.15) is 63.6 Å². The second kappa shape index (κ2) is 5.25. The van der Waals surface area contributed by atoms with Crippen LogP contribution in [-0.4, -0.2) is 0 Å². The molecule has 0 amide bonds. The largest absolute Gasteiger partial charge is 0.0622 e. The average Bonchev–Trinajstić information content (AvgIpc) is 2.17. The van der Waals surface area contributed by atoms with E-state index in [1.54, 1.807) is 0 Å². The summed E-state index contributed by atoms with van der Waals surface area (Å²) in [5, 5.41) is 0. The summed E-state index contributed by atoms with van der Waals surface area (Å²) in [6, 6.07) is 6.97. The smallest absolute Gasteiger partial charge is 0.0134 e. The third-order valence-corrected chi connectivity index (χ3v) is 3.60. The lowest BCUT2D eigenvalue weighted by molar-refractivity contribution is 0.301. The number of benzene rings is 1. The summed E-state index contributed by atoms with van der Waals surface area (Å²) in [5.41, 5.74) is 4.72. The van der Waals surface area contributed by atoms with Crippen molar-refractivity contribution in [3.8, 4) is 0 Å². The van der Waals surface area contributed by atoms with Gasteiger partial charge in [0.1, 0.15) is 0 Å². The maximum Gasteiger partial charge on any atom is -0.0134 e. The monoisotopic (exact) mass is 232 g/mol. The first-order valence-corrected chi connectivity index (χ1v) is 6.78. The van der Waals surface area contributed by atoms with Crippen molar-refractivity contribution < 1.29 is 0 Å². The summed E-state index contributed by atoms with van der Waals surface area (Å²) >= 11 is 0. The second-order valence-corrected chi connectivity index (χ2v) is 6.96. The molecule has 0 aliphatic carbocycles. The molecule has 96 valence electrons. The molecule has 0 nitrogen and oxygen atoms in total. The topological polar surface area (TPSA) is 0 Å². The van der Waals surface area contributed by atoms with Crippen molar-refractivity contribution in [3.05, 3.63) is 34.9 Å². The summed E-state index contributed by atoms with van der Waals surface area (Å²) in [5.74, 6) is 1.38. The van der Waals surface area contributed by atoms with Crippen LogP contribution in [0.5, 0.6) is 0 Å². The molecule has 0 aromatic heterocycles. The van der Waals surface area contributed by atoms with Gasteiger partial charge in [-0.3, -0.25) is 0 Å². The van der Waals surface area contributed by atoms with Crippen molar-refractivity contribution in [3.63, 3.8) is 0 Å². The minimum absolute atomic E-state index is 0.397. The van der Waals surface area contributed by atoms with Gasteiger partial charge in [-0.05, 0) is 54.2 Å². The minimum Gasteiger partial charge on any atom is -0.0622 e. The fourth-order valence-corrected chi connectivity index (χ4v) is 2.39. The van der Waals surface area contributed by atoms with Crippen molar-refractivity contribution >= 4 is 0 Å². The van der Waals surface area contributed by atoms with Crippen LogP contribution in [0, 0.1) is 25.2 Å². The van der Waals surface area contributed by atoms with Crippen molar-refractivity contribution in [2.45, 2.75) is 60.8 Å². The molecule has 1 aromatic rings. The first-order valence-electron chi connectivity index (χ1n) is 6.78. The Morgan fingerprint density at radius 2 is 1.59 bits per heavy atom. The molecule has 0 saturated carbocycles. The summed E-state index contributed by atoms with van der Waals surface area (Å²) < 4.78 is 0. The zero-order valence-electron chi connectivity index (χ0n) is 12.6. The van der Waals surface area contributed by atoms with Crippen molar-refractivity contribution in [2.75, 3.05) is 0 Å². The van der Waals surface area contributed by atoms with E-state index in [9.17, 15) is 0 Å². The summed E-state index contributed by atoms with van der Waals surface area (Å²) in [6.07, 6.45) is 1.26. The maximum atomic E-state index is 2.38. The first-order chi connectivity index (χ1) is 7.70. The SMILES string of the molecule is Cc1ccc(C(CC(C)(C)C)C(C)C)cc1C. The van der Waals surface area contributed by atoms with Gasteiger partial charge in [-0.25, -0.2) is 0 Å². The highest BCUT2D eigenvalue weighted by atomic mass is 14.3. The van der Waals surface area contributed by atoms with E-state index in [1.807, 2.05) is 0 Å². The van der Waals surface area contributed by atoms with Gasteiger partial charge in [0.25, 0.3) is 0 Å². The van der Waals surface area contributed by atoms with E-state index >= 15 is 0 Å². The molecule has 0 saturated heterocycles. The lowest BCUT2D eigenvalue weighted by Gasteiger charge is -2.29. The van der Waals surface area contributed by atoms with Crippen LogP contribution in [0.4, 0.5) is 0 Å². The van der Waals surface area contributed by atoms with E-state index in [-0.39, 0.29) is 0 Å². The fourth-order valence-electron chi connectivity index (χ4n) is 2.39. The summed E-state index contributed by atoms with van der Waals surface area (Å²) in [6.45, 7) is 16.1. The molecular formula is C17H28. The maximum absolute atomic E-state index is 2.38. The molecule has 0 spiro atoms. The highest BCUT2D eigenvalue weighted by Gasteiger charge is 2.23. The zero-order valence-corrected chi connectivity index (χ0v) is 12.6. The van der Waals surface area contributed by atoms with Gasteiger partial charge in [-0.1, -0.05) is 52.8 Å². The fraction of sp³-hybridized carbons (Fsp3) is 0.647. The third kappa shape index (κ3) is 4.18. The molecule has 0 aliphatic rings. The molecule has 0 radical (unpaired) electrons. The Morgan fingerprint density at radius 3 is 2.00 bits per heavy atom. The number of aryl methyl sites for hydroxylation is 2. The van der Waals surface area contributed by atoms with Gasteiger partial charge in [0.15, 0.2) is 0 Å².